The van der Waals surface area contributed by atoms with Crippen LogP contribution in [-0.4, -0.2) is 64.1 Å². The molecule has 2 bridgehead atoms. The number of fused-ring (bicyclic) bond motifs is 4. The molecule has 0 aromatic heterocycles. The molecule has 262 valence electrons. The number of nitrogens with zero attached hydrogens (tertiary/aromatic N) is 1. The fourth-order valence-electron chi connectivity index (χ4n) is 8.62. The number of sulfonamides is 1. The van der Waals surface area contributed by atoms with E-state index in [9.17, 15) is 18.0 Å². The van der Waals surface area contributed by atoms with E-state index in [1.807, 2.05) is 13.0 Å². The SMILES string of the molecule is CCOC(=O)CO[C@@]1(C)CCCC[C@@H](CC)S(=O)(=O)NC(=O)c2ccc3c(c2)N(C[C@@H]2CC[C@H]21)C[C@@]1(CCCc2cc(Cl)ccc21)CO3. The lowest BCUT2D eigenvalue weighted by Crippen LogP contribution is -2.53. The predicted octanol–water partition coefficient (Wildman–Crippen LogP) is 6.59. The Morgan fingerprint density at radius 3 is 2.67 bits per heavy atom. The van der Waals surface area contributed by atoms with Crippen molar-refractivity contribution in [2.45, 2.75) is 101 Å². The number of amides is 1. The van der Waals surface area contributed by atoms with Gasteiger partial charge in [-0.05, 0) is 119 Å². The minimum absolute atomic E-state index is 0.113. The summed E-state index contributed by atoms with van der Waals surface area (Å²) in [5, 5.41) is 0.0295. The number of esters is 1. The van der Waals surface area contributed by atoms with Crippen LogP contribution in [0.3, 0.4) is 0 Å². The Balaban J connectivity index is 1.40. The minimum atomic E-state index is -3.91. The molecular weight excluding hydrogens is 652 g/mol. The first-order valence-corrected chi connectivity index (χ1v) is 19.6. The van der Waals surface area contributed by atoms with E-state index in [0.29, 0.717) is 57.7 Å². The number of nitrogens with one attached hydrogen (secondary N) is 1. The molecule has 0 unspecified atom stereocenters. The average molecular weight is 701 g/mol. The second kappa shape index (κ2) is 14.2. The molecule has 2 aliphatic heterocycles. The van der Waals surface area contributed by atoms with Crippen molar-refractivity contribution in [3.05, 3.63) is 58.1 Å². The van der Waals surface area contributed by atoms with E-state index >= 15 is 0 Å². The third-order valence-electron chi connectivity index (χ3n) is 11.4. The maximum absolute atomic E-state index is 13.5. The van der Waals surface area contributed by atoms with Gasteiger partial charge < -0.3 is 19.1 Å². The monoisotopic (exact) mass is 700 g/mol. The van der Waals surface area contributed by atoms with Gasteiger partial charge in [0.2, 0.25) is 10.0 Å². The first-order valence-electron chi connectivity index (χ1n) is 17.6. The summed E-state index contributed by atoms with van der Waals surface area (Å²) >= 11 is 6.44. The number of ether oxygens (including phenoxy) is 3. The molecule has 2 aliphatic carbocycles. The van der Waals surface area contributed by atoms with Crippen LogP contribution in [-0.2, 0) is 36.1 Å². The highest BCUT2D eigenvalue weighted by Crippen LogP contribution is 2.49. The first kappa shape index (κ1) is 35.0. The Kier molecular flexibility index (Phi) is 10.4. The van der Waals surface area contributed by atoms with Crippen LogP contribution in [0.4, 0.5) is 5.69 Å². The van der Waals surface area contributed by atoms with Gasteiger partial charge in [0.1, 0.15) is 12.4 Å². The van der Waals surface area contributed by atoms with Crippen LogP contribution in [0.5, 0.6) is 5.75 Å². The molecule has 9 nitrogen and oxygen atoms in total. The van der Waals surface area contributed by atoms with Gasteiger partial charge >= 0.3 is 5.97 Å². The zero-order valence-electron chi connectivity index (χ0n) is 28.4. The van der Waals surface area contributed by atoms with Gasteiger partial charge in [0.25, 0.3) is 5.91 Å². The van der Waals surface area contributed by atoms with Crippen LogP contribution in [0.2, 0.25) is 5.02 Å². The van der Waals surface area contributed by atoms with Gasteiger partial charge in [0, 0.05) is 29.1 Å². The van der Waals surface area contributed by atoms with Gasteiger partial charge in [-0.1, -0.05) is 37.4 Å². The quantitative estimate of drug-likeness (QED) is 0.348. The van der Waals surface area contributed by atoms with Crippen molar-refractivity contribution in [2.24, 2.45) is 11.8 Å². The maximum Gasteiger partial charge on any atom is 0.332 e. The van der Waals surface area contributed by atoms with Crippen molar-refractivity contribution >= 4 is 39.2 Å². The van der Waals surface area contributed by atoms with Crippen molar-refractivity contribution in [3.63, 3.8) is 0 Å². The maximum atomic E-state index is 13.5. The van der Waals surface area contributed by atoms with Crippen molar-refractivity contribution in [1.82, 2.24) is 4.72 Å². The molecule has 5 atom stereocenters. The number of carbonyl (C=O) groups is 2. The molecule has 2 aromatic rings. The standard InChI is InChI=1S/C37H49ClN2O7S/c1-4-29-10-6-7-17-36(3,47-22-34(41)45-5-2)30-14-11-27(30)21-40-23-37(18-8-9-25-19-28(38)13-15-31(25)37)24-46-33-16-12-26(20-32(33)40)35(42)39-48(29,43)44/h12-13,15-16,19-20,27,29-30H,4-11,14,17-18,21-24H2,1-3H3,(H,39,42)/t27-,29+,30+,36-,37-/m0/s1. The van der Waals surface area contributed by atoms with E-state index < -0.39 is 26.8 Å². The summed E-state index contributed by atoms with van der Waals surface area (Å²) in [6.45, 7) is 7.79. The van der Waals surface area contributed by atoms with E-state index in [0.717, 1.165) is 49.2 Å². The molecule has 0 saturated heterocycles. The highest BCUT2D eigenvalue weighted by Gasteiger charge is 2.48. The smallest absolute Gasteiger partial charge is 0.332 e. The molecule has 4 aliphatic rings. The van der Waals surface area contributed by atoms with Crippen molar-refractivity contribution in [2.75, 3.05) is 37.8 Å². The van der Waals surface area contributed by atoms with E-state index in [1.54, 1.807) is 25.1 Å². The van der Waals surface area contributed by atoms with Gasteiger partial charge in [-0.2, -0.15) is 0 Å². The highest BCUT2D eigenvalue weighted by atomic mass is 35.5. The fourth-order valence-corrected chi connectivity index (χ4v) is 10.3. The zero-order chi connectivity index (χ0) is 34.1. The average Bonchev–Trinajstić information content (AvgIpc) is 3.18. The molecule has 2 heterocycles. The van der Waals surface area contributed by atoms with Crippen molar-refractivity contribution in [1.29, 1.82) is 0 Å². The number of anilines is 1. The second-order valence-corrected chi connectivity index (χ2v) is 16.8. The van der Waals surface area contributed by atoms with E-state index in [4.69, 9.17) is 25.8 Å². The Hall–Kier alpha value is -2.82. The molecule has 0 radical (unpaired) electrons. The van der Waals surface area contributed by atoms with Crippen LogP contribution >= 0.6 is 11.6 Å². The van der Waals surface area contributed by atoms with E-state index in [-0.39, 0.29) is 35.4 Å². The van der Waals surface area contributed by atoms with Gasteiger partial charge in [0.05, 0.1) is 29.8 Å². The summed E-state index contributed by atoms with van der Waals surface area (Å²) in [6.07, 6.45) is 7.84. The summed E-state index contributed by atoms with van der Waals surface area (Å²) < 4.78 is 47.6. The Morgan fingerprint density at radius 1 is 1.08 bits per heavy atom. The third-order valence-corrected chi connectivity index (χ3v) is 13.5. The van der Waals surface area contributed by atoms with Gasteiger partial charge in [-0.25, -0.2) is 17.9 Å². The number of benzene rings is 2. The normalized spacial score (nSPS) is 30.1. The van der Waals surface area contributed by atoms with E-state index in [1.165, 1.54) is 11.1 Å². The lowest BCUT2D eigenvalue weighted by atomic mass is 9.63. The third kappa shape index (κ3) is 7.08. The fraction of sp³-hybridized carbons (Fsp3) is 0.622. The van der Waals surface area contributed by atoms with Crippen LogP contribution in [0.25, 0.3) is 0 Å². The topological polar surface area (TPSA) is 111 Å². The number of rotatable bonds is 5. The molecule has 1 spiro atoms. The molecule has 1 saturated carbocycles. The Labute approximate surface area is 290 Å². The number of aryl methyl sites for hydroxylation is 1. The van der Waals surface area contributed by atoms with Crippen molar-refractivity contribution < 1.29 is 32.2 Å². The summed E-state index contributed by atoms with van der Waals surface area (Å²) in [5.41, 5.74) is 2.70. The molecule has 1 amide bonds. The van der Waals surface area contributed by atoms with Crippen LogP contribution in [0.15, 0.2) is 36.4 Å². The van der Waals surface area contributed by atoms with Crippen LogP contribution in [0, 0.1) is 11.8 Å². The van der Waals surface area contributed by atoms with Crippen molar-refractivity contribution in [3.8, 4) is 5.75 Å². The van der Waals surface area contributed by atoms with Crippen LogP contribution < -0.4 is 14.4 Å². The molecule has 1 fully saturated rings. The molecule has 11 heteroatoms. The number of halogens is 1. The lowest BCUT2D eigenvalue weighted by Gasteiger charge is -2.50. The van der Waals surface area contributed by atoms with Gasteiger partial charge in [0.15, 0.2) is 0 Å². The van der Waals surface area contributed by atoms with Gasteiger partial charge in [-0.3, -0.25) is 4.79 Å². The zero-order valence-corrected chi connectivity index (χ0v) is 30.0. The summed E-state index contributed by atoms with van der Waals surface area (Å²) in [4.78, 5) is 28.3. The van der Waals surface area contributed by atoms with E-state index in [2.05, 4.69) is 28.7 Å². The summed E-state index contributed by atoms with van der Waals surface area (Å²) in [6, 6.07) is 11.4. The number of carbonyl (C=O) groups excluding carboxylic acids is 2. The first-order chi connectivity index (χ1) is 23.0. The molecular formula is C37H49ClN2O7S. The molecule has 1 N–H and O–H groups in total. The summed E-state index contributed by atoms with van der Waals surface area (Å²) in [7, 11) is -3.91. The molecule has 48 heavy (non-hydrogen) atoms. The molecule has 2 aromatic carbocycles. The summed E-state index contributed by atoms with van der Waals surface area (Å²) in [5.74, 6) is 0.151. The molecule has 6 rings (SSSR count). The number of hydrogen-bond acceptors (Lipinski definition) is 8. The highest BCUT2D eigenvalue weighted by molar-refractivity contribution is 7.90. The lowest BCUT2D eigenvalue weighted by molar-refractivity contribution is -0.167. The Morgan fingerprint density at radius 2 is 1.92 bits per heavy atom. The Bertz CT molecular complexity index is 1630. The number of hydrogen-bond donors (Lipinski definition) is 1. The predicted molar refractivity (Wildman–Crippen MR) is 186 cm³/mol. The van der Waals surface area contributed by atoms with Gasteiger partial charge in [-0.15, -0.1) is 0 Å². The minimum Gasteiger partial charge on any atom is -0.490 e. The second-order valence-electron chi connectivity index (χ2n) is 14.4. The largest absolute Gasteiger partial charge is 0.490 e. The van der Waals surface area contributed by atoms with Crippen LogP contribution in [0.1, 0.15) is 100 Å².